The van der Waals surface area contributed by atoms with Gasteiger partial charge in [0.2, 0.25) is 0 Å². The van der Waals surface area contributed by atoms with Crippen LogP contribution in [0, 0.1) is 28.5 Å². The van der Waals surface area contributed by atoms with Crippen molar-refractivity contribution < 1.29 is 18.7 Å². The zero-order chi connectivity index (χ0) is 21.0. The van der Waals surface area contributed by atoms with E-state index in [-0.39, 0.29) is 17.1 Å². The van der Waals surface area contributed by atoms with Crippen molar-refractivity contribution in [3.63, 3.8) is 0 Å². The van der Waals surface area contributed by atoms with Crippen LogP contribution in [0.3, 0.4) is 0 Å². The minimum absolute atomic E-state index is 0.0746. The number of aliphatic carboxylic acids is 1. The first-order valence-electron chi connectivity index (χ1n) is 9.25. The molecule has 4 aromatic rings. The molecular formula is C21H16FN5O3. The number of nitrogens with one attached hydrogen (secondary N) is 2. The molecule has 0 radical (unpaired) electrons. The van der Waals surface area contributed by atoms with Gasteiger partial charge in [0.25, 0.3) is 0 Å². The summed E-state index contributed by atoms with van der Waals surface area (Å²) in [5.74, 6) is -1.85. The van der Waals surface area contributed by atoms with Gasteiger partial charge in [-0.2, -0.15) is 4.98 Å². The van der Waals surface area contributed by atoms with Gasteiger partial charge in [-0.15, -0.1) is 0 Å². The van der Waals surface area contributed by atoms with Crippen molar-refractivity contribution >= 4 is 17.6 Å². The summed E-state index contributed by atoms with van der Waals surface area (Å²) in [6.45, 7) is 0. The van der Waals surface area contributed by atoms with Crippen molar-refractivity contribution in [2.45, 2.75) is 6.42 Å². The van der Waals surface area contributed by atoms with Gasteiger partial charge in [-0.1, -0.05) is 0 Å². The number of fused-ring (bicyclic) bond motifs is 1. The molecule has 1 aliphatic carbocycles. The summed E-state index contributed by atoms with van der Waals surface area (Å²) < 4.78 is 21.9. The van der Waals surface area contributed by atoms with Crippen LogP contribution in [0.2, 0.25) is 0 Å². The molecule has 1 aliphatic rings. The molecule has 1 saturated carbocycles. The lowest BCUT2D eigenvalue weighted by molar-refractivity contribution is -0.138. The van der Waals surface area contributed by atoms with Gasteiger partial charge in [0.05, 0.1) is 11.6 Å². The normalized spacial score (nSPS) is 17.9. The molecular weight excluding hydrogens is 389 g/mol. The summed E-state index contributed by atoms with van der Waals surface area (Å²) in [6.07, 6.45) is 5.23. The van der Waals surface area contributed by atoms with Crippen LogP contribution < -0.4 is 5.49 Å². The molecule has 1 aromatic carbocycles. The Hall–Kier alpha value is -4.01. The van der Waals surface area contributed by atoms with Crippen LogP contribution in [0.4, 0.5) is 4.39 Å². The largest absolute Gasteiger partial charge is 0.481 e. The molecule has 0 bridgehead atoms. The third kappa shape index (κ3) is 2.83. The highest BCUT2D eigenvalue weighted by Gasteiger charge is 2.46. The Morgan fingerprint density at radius 2 is 1.90 bits per heavy atom. The number of hydrogen-bond acceptors (Lipinski definition) is 5. The molecule has 1 fully saturated rings. The number of rotatable bonds is 4. The summed E-state index contributed by atoms with van der Waals surface area (Å²) in [5, 5.41) is 25.8. The average Bonchev–Trinajstić information content (AvgIpc) is 3.28. The Balaban J connectivity index is 1.64. The molecule has 8 nitrogen and oxygen atoms in total. The van der Waals surface area contributed by atoms with E-state index in [0.29, 0.717) is 34.8 Å². The Morgan fingerprint density at radius 1 is 1.17 bits per heavy atom. The fraction of sp³-hybridized carbons (Fsp3) is 0.143. The molecule has 0 spiro atoms. The highest BCUT2D eigenvalue weighted by molar-refractivity contribution is 5.93. The van der Waals surface area contributed by atoms with Crippen LogP contribution in [-0.2, 0) is 4.79 Å². The monoisotopic (exact) mass is 405 g/mol. The van der Waals surface area contributed by atoms with E-state index in [4.69, 9.17) is 20.3 Å². The number of nitrogens with zero attached hydrogens (tertiary/aromatic N) is 3. The number of benzene rings is 1. The molecule has 0 unspecified atom stereocenters. The quantitative estimate of drug-likeness (QED) is 0.357. The number of carbonyl (C=O) groups is 1. The Morgan fingerprint density at radius 3 is 2.60 bits per heavy atom. The lowest BCUT2D eigenvalue weighted by Crippen LogP contribution is -2.28. The van der Waals surface area contributed by atoms with Crippen LogP contribution in [0.1, 0.15) is 6.42 Å². The molecule has 0 amide bonds. The van der Waals surface area contributed by atoms with Crippen LogP contribution in [-0.4, -0.2) is 30.9 Å². The SMILES string of the molecule is N=C([C@@H]1C[C@H]1C(=O)O)n1cc(-c2c(-c3ccc(F)cc3)nc3occn23)ccc1=N. The smallest absolute Gasteiger partial charge is 0.307 e. The van der Waals surface area contributed by atoms with Crippen LogP contribution >= 0.6 is 0 Å². The standard InChI is InChI=1S/C21H16FN5O3/c22-13-4-1-11(2-5-13)17-18(26-7-8-30-21(26)25-17)12-3-6-16(23)27(10-12)19(24)14-9-15(14)20(28)29/h1-8,10,14-15,23-24H,9H2,(H,28,29)/t14-,15-/m1/s1. The van der Waals surface area contributed by atoms with Gasteiger partial charge in [0.15, 0.2) is 0 Å². The third-order valence-corrected chi connectivity index (χ3v) is 5.32. The van der Waals surface area contributed by atoms with E-state index in [2.05, 4.69) is 4.98 Å². The van der Waals surface area contributed by atoms with Gasteiger partial charge in [-0.3, -0.25) is 24.6 Å². The predicted molar refractivity (Wildman–Crippen MR) is 104 cm³/mol. The van der Waals surface area contributed by atoms with Crippen molar-refractivity contribution in [3.8, 4) is 22.5 Å². The van der Waals surface area contributed by atoms with E-state index in [0.717, 1.165) is 0 Å². The second kappa shape index (κ2) is 6.51. The maximum atomic E-state index is 13.4. The minimum atomic E-state index is -0.928. The number of halogens is 1. The molecule has 3 N–H and O–H groups in total. The van der Waals surface area contributed by atoms with E-state index in [1.807, 2.05) is 0 Å². The predicted octanol–water partition coefficient (Wildman–Crippen LogP) is 3.23. The molecule has 9 heteroatoms. The number of imidazole rings is 1. The van der Waals surface area contributed by atoms with Gasteiger partial charge >= 0.3 is 11.8 Å². The molecule has 2 atom stereocenters. The zero-order valence-electron chi connectivity index (χ0n) is 15.5. The Kier molecular flexibility index (Phi) is 3.92. The van der Waals surface area contributed by atoms with Gasteiger partial charge in [0, 0.05) is 29.4 Å². The van der Waals surface area contributed by atoms with Crippen molar-refractivity contribution in [1.29, 1.82) is 10.8 Å². The number of carboxylic acids is 1. The first-order valence-corrected chi connectivity index (χ1v) is 9.25. The summed E-state index contributed by atoms with van der Waals surface area (Å²) in [6, 6.07) is 9.23. The number of oxazole rings is 1. The fourth-order valence-corrected chi connectivity index (χ4v) is 3.66. The highest BCUT2D eigenvalue weighted by Crippen LogP contribution is 2.40. The van der Waals surface area contributed by atoms with Crippen LogP contribution in [0.15, 0.2) is 59.5 Å². The van der Waals surface area contributed by atoms with Crippen LogP contribution in [0.25, 0.3) is 28.4 Å². The molecule has 0 aliphatic heterocycles. The van der Waals surface area contributed by atoms with E-state index < -0.39 is 17.8 Å². The number of carboxylic acid groups (broad SMARTS) is 1. The molecule has 0 saturated heterocycles. The maximum absolute atomic E-state index is 13.4. The van der Waals surface area contributed by atoms with Gasteiger partial charge in [-0.25, -0.2) is 4.39 Å². The van der Waals surface area contributed by atoms with E-state index >= 15 is 0 Å². The second-order valence-electron chi connectivity index (χ2n) is 7.22. The van der Waals surface area contributed by atoms with E-state index in [1.165, 1.54) is 23.0 Å². The first kappa shape index (κ1) is 18.0. The average molecular weight is 405 g/mol. The number of aromatic nitrogens is 3. The van der Waals surface area contributed by atoms with Gasteiger partial charge in [-0.05, 0) is 42.8 Å². The lowest BCUT2D eigenvalue weighted by Gasteiger charge is -2.11. The fourth-order valence-electron chi connectivity index (χ4n) is 3.66. The Labute approximate surface area is 168 Å². The summed E-state index contributed by atoms with van der Waals surface area (Å²) >= 11 is 0. The maximum Gasteiger partial charge on any atom is 0.307 e. The molecule has 150 valence electrons. The first-order chi connectivity index (χ1) is 14.4. The number of pyridine rings is 1. The zero-order valence-corrected chi connectivity index (χ0v) is 15.5. The van der Waals surface area contributed by atoms with Crippen molar-refractivity contribution in [3.05, 3.63) is 66.4 Å². The van der Waals surface area contributed by atoms with Crippen molar-refractivity contribution in [2.75, 3.05) is 0 Å². The highest BCUT2D eigenvalue weighted by atomic mass is 19.1. The molecule has 30 heavy (non-hydrogen) atoms. The number of hydrogen-bond donors (Lipinski definition) is 3. The molecule has 5 rings (SSSR count). The third-order valence-electron chi connectivity index (χ3n) is 5.32. The van der Waals surface area contributed by atoms with E-state index in [9.17, 15) is 9.18 Å². The van der Waals surface area contributed by atoms with Gasteiger partial charge in [0.1, 0.15) is 29.1 Å². The Bertz CT molecular complexity index is 1370. The topological polar surface area (TPSA) is 120 Å². The van der Waals surface area contributed by atoms with Gasteiger partial charge < -0.3 is 9.52 Å². The van der Waals surface area contributed by atoms with Crippen molar-refractivity contribution in [1.82, 2.24) is 14.0 Å². The van der Waals surface area contributed by atoms with Crippen molar-refractivity contribution in [2.24, 2.45) is 11.8 Å². The summed E-state index contributed by atoms with van der Waals surface area (Å²) in [4.78, 5) is 15.7. The molecule has 3 heterocycles. The summed E-state index contributed by atoms with van der Waals surface area (Å²) in [7, 11) is 0. The van der Waals surface area contributed by atoms with Crippen LogP contribution in [0.5, 0.6) is 0 Å². The molecule has 3 aromatic heterocycles. The van der Waals surface area contributed by atoms with E-state index in [1.54, 1.807) is 41.1 Å². The minimum Gasteiger partial charge on any atom is -0.481 e. The summed E-state index contributed by atoms with van der Waals surface area (Å²) in [5.41, 5.74) is 2.67. The lowest BCUT2D eigenvalue weighted by atomic mass is 10.1. The second-order valence-corrected chi connectivity index (χ2v) is 7.22.